The zero-order chi connectivity index (χ0) is 14.4. The molecule has 1 aromatic carbocycles. The van der Waals surface area contributed by atoms with Gasteiger partial charge in [0.15, 0.2) is 5.78 Å². The van der Waals surface area contributed by atoms with E-state index in [1.807, 2.05) is 24.3 Å². The molecular weight excluding hydrogens is 262 g/mol. The number of carbonyl (C=O) groups is 1. The standard InChI is InChI=1S/C18H21NO2/c1-19-15-3-2-4-16(19)11-14(10-15)18(20)13-5-6-17-12(9-13)7-8-21-17/h5-9,14-16H,2-4,10-11H2,1H3. The third kappa shape index (κ3) is 2.20. The van der Waals surface area contributed by atoms with Crippen molar-refractivity contribution >= 4 is 16.8 Å². The monoisotopic (exact) mass is 283 g/mol. The smallest absolute Gasteiger partial charge is 0.166 e. The van der Waals surface area contributed by atoms with Crippen LogP contribution in [0.4, 0.5) is 0 Å². The van der Waals surface area contributed by atoms with Crippen LogP contribution in [0, 0.1) is 5.92 Å². The average Bonchev–Trinajstić information content (AvgIpc) is 2.93. The topological polar surface area (TPSA) is 33.5 Å². The van der Waals surface area contributed by atoms with Gasteiger partial charge in [0.05, 0.1) is 6.26 Å². The fourth-order valence-electron chi connectivity index (χ4n) is 4.19. The van der Waals surface area contributed by atoms with Gasteiger partial charge in [-0.1, -0.05) is 6.42 Å². The first kappa shape index (κ1) is 13.1. The first-order valence-electron chi connectivity index (χ1n) is 7.96. The highest BCUT2D eigenvalue weighted by Crippen LogP contribution is 2.37. The summed E-state index contributed by atoms with van der Waals surface area (Å²) in [7, 11) is 2.23. The predicted molar refractivity (Wildman–Crippen MR) is 82.5 cm³/mol. The summed E-state index contributed by atoms with van der Waals surface area (Å²) in [6, 6.07) is 8.94. The molecule has 3 heteroatoms. The lowest BCUT2D eigenvalue weighted by Gasteiger charge is -2.46. The normalized spacial score (nSPS) is 29.7. The Bertz CT molecular complexity index is 661. The number of hydrogen-bond acceptors (Lipinski definition) is 3. The second kappa shape index (κ2) is 4.99. The molecule has 2 aromatic rings. The molecule has 0 saturated carbocycles. The van der Waals surface area contributed by atoms with Gasteiger partial charge >= 0.3 is 0 Å². The van der Waals surface area contributed by atoms with Crippen LogP contribution in [0.3, 0.4) is 0 Å². The van der Waals surface area contributed by atoms with Gasteiger partial charge < -0.3 is 9.32 Å². The molecule has 2 bridgehead atoms. The van der Waals surface area contributed by atoms with E-state index >= 15 is 0 Å². The summed E-state index contributed by atoms with van der Waals surface area (Å²) in [5.41, 5.74) is 1.70. The van der Waals surface area contributed by atoms with Crippen molar-refractivity contribution in [2.45, 2.75) is 44.2 Å². The fourth-order valence-corrected chi connectivity index (χ4v) is 4.19. The van der Waals surface area contributed by atoms with Crippen LogP contribution in [-0.4, -0.2) is 29.8 Å². The molecule has 0 amide bonds. The Hall–Kier alpha value is -1.61. The van der Waals surface area contributed by atoms with E-state index in [0.29, 0.717) is 17.9 Å². The number of ketones is 1. The zero-order valence-electron chi connectivity index (χ0n) is 12.4. The van der Waals surface area contributed by atoms with Crippen LogP contribution < -0.4 is 0 Å². The molecule has 0 radical (unpaired) electrons. The van der Waals surface area contributed by atoms with Crippen LogP contribution in [0.15, 0.2) is 34.9 Å². The van der Waals surface area contributed by atoms with Crippen LogP contribution in [0.25, 0.3) is 11.0 Å². The third-order valence-electron chi connectivity index (χ3n) is 5.45. The molecule has 2 atom stereocenters. The summed E-state index contributed by atoms with van der Waals surface area (Å²) in [5.74, 6) is 0.518. The largest absolute Gasteiger partial charge is 0.464 e. The first-order chi connectivity index (χ1) is 10.2. The molecule has 2 saturated heterocycles. The molecule has 1 aromatic heterocycles. The summed E-state index contributed by atoms with van der Waals surface area (Å²) < 4.78 is 5.35. The lowest BCUT2D eigenvalue weighted by Crippen LogP contribution is -2.51. The Morgan fingerprint density at radius 1 is 1.19 bits per heavy atom. The molecule has 0 spiro atoms. The van der Waals surface area contributed by atoms with Crippen molar-refractivity contribution in [3.8, 4) is 0 Å². The maximum Gasteiger partial charge on any atom is 0.166 e. The number of nitrogens with zero attached hydrogens (tertiary/aromatic N) is 1. The Kier molecular flexibility index (Phi) is 3.11. The van der Waals surface area contributed by atoms with Crippen molar-refractivity contribution in [1.29, 1.82) is 0 Å². The molecule has 2 fully saturated rings. The van der Waals surface area contributed by atoms with Crippen LogP contribution in [-0.2, 0) is 0 Å². The van der Waals surface area contributed by atoms with E-state index in [1.165, 1.54) is 19.3 Å². The summed E-state index contributed by atoms with van der Waals surface area (Å²) in [5, 5.41) is 1.02. The maximum atomic E-state index is 12.9. The van der Waals surface area contributed by atoms with Crippen molar-refractivity contribution in [3.63, 3.8) is 0 Å². The second-order valence-corrected chi connectivity index (χ2v) is 6.61. The van der Waals surface area contributed by atoms with Crippen molar-refractivity contribution in [1.82, 2.24) is 4.90 Å². The quantitative estimate of drug-likeness (QED) is 0.784. The van der Waals surface area contributed by atoms with E-state index in [1.54, 1.807) is 6.26 Å². The fraction of sp³-hybridized carbons (Fsp3) is 0.500. The van der Waals surface area contributed by atoms with E-state index in [9.17, 15) is 4.79 Å². The SMILES string of the molecule is CN1C2CCCC1CC(C(=O)c1ccc3occc3c1)C2. The number of fused-ring (bicyclic) bond motifs is 3. The van der Waals surface area contributed by atoms with E-state index in [0.717, 1.165) is 29.4 Å². The summed E-state index contributed by atoms with van der Waals surface area (Å²) in [6.45, 7) is 0. The van der Waals surface area contributed by atoms with Crippen LogP contribution in [0.5, 0.6) is 0 Å². The highest BCUT2D eigenvalue weighted by Gasteiger charge is 2.38. The zero-order valence-corrected chi connectivity index (χ0v) is 12.4. The Morgan fingerprint density at radius 2 is 1.95 bits per heavy atom. The molecule has 3 heterocycles. The number of furan rings is 1. The van der Waals surface area contributed by atoms with Crippen molar-refractivity contribution in [3.05, 3.63) is 36.1 Å². The minimum atomic E-state index is 0.195. The molecule has 0 N–H and O–H groups in total. The van der Waals surface area contributed by atoms with Gasteiger partial charge in [0.1, 0.15) is 5.58 Å². The Morgan fingerprint density at radius 3 is 2.71 bits per heavy atom. The predicted octanol–water partition coefficient (Wildman–Crippen LogP) is 3.88. The number of rotatable bonds is 2. The van der Waals surface area contributed by atoms with E-state index < -0.39 is 0 Å². The van der Waals surface area contributed by atoms with Gasteiger partial charge in [-0.3, -0.25) is 4.79 Å². The van der Waals surface area contributed by atoms with Crippen molar-refractivity contribution in [2.24, 2.45) is 5.92 Å². The van der Waals surface area contributed by atoms with Gasteiger partial charge in [0.2, 0.25) is 0 Å². The lowest BCUT2D eigenvalue weighted by molar-refractivity contribution is 0.0338. The third-order valence-corrected chi connectivity index (χ3v) is 5.45. The first-order valence-corrected chi connectivity index (χ1v) is 7.96. The summed E-state index contributed by atoms with van der Waals surface area (Å²) in [4.78, 5) is 15.4. The molecule has 3 nitrogen and oxygen atoms in total. The molecule has 21 heavy (non-hydrogen) atoms. The van der Waals surface area contributed by atoms with E-state index in [2.05, 4.69) is 11.9 Å². The summed E-state index contributed by atoms with van der Waals surface area (Å²) in [6.07, 6.45) is 7.54. The number of hydrogen-bond donors (Lipinski definition) is 0. The molecule has 2 aliphatic rings. The van der Waals surface area contributed by atoms with Gasteiger partial charge in [-0.25, -0.2) is 0 Å². The average molecular weight is 283 g/mol. The maximum absolute atomic E-state index is 12.9. The van der Waals surface area contributed by atoms with Gasteiger partial charge in [-0.15, -0.1) is 0 Å². The van der Waals surface area contributed by atoms with Gasteiger partial charge in [-0.05, 0) is 57.0 Å². The van der Waals surface area contributed by atoms with Crippen LogP contribution in [0.2, 0.25) is 0 Å². The summed E-state index contributed by atoms with van der Waals surface area (Å²) >= 11 is 0. The number of benzene rings is 1. The molecule has 2 unspecified atom stereocenters. The molecular formula is C18H21NO2. The minimum absolute atomic E-state index is 0.195. The molecule has 4 rings (SSSR count). The Balaban J connectivity index is 1.59. The number of piperidine rings is 2. The van der Waals surface area contributed by atoms with E-state index in [4.69, 9.17) is 4.42 Å². The highest BCUT2D eigenvalue weighted by atomic mass is 16.3. The lowest BCUT2D eigenvalue weighted by atomic mass is 9.76. The Labute approximate surface area is 124 Å². The van der Waals surface area contributed by atoms with E-state index in [-0.39, 0.29) is 5.92 Å². The minimum Gasteiger partial charge on any atom is -0.464 e. The number of Topliss-reactive ketones (excluding diaryl/α,β-unsaturated/α-hetero) is 1. The second-order valence-electron chi connectivity index (χ2n) is 6.61. The molecule has 0 aliphatic carbocycles. The molecule has 110 valence electrons. The van der Waals surface area contributed by atoms with Gasteiger partial charge in [-0.2, -0.15) is 0 Å². The highest BCUT2D eigenvalue weighted by molar-refractivity contribution is 6.00. The number of carbonyl (C=O) groups excluding carboxylic acids is 1. The molecule has 2 aliphatic heterocycles. The van der Waals surface area contributed by atoms with Gasteiger partial charge in [0.25, 0.3) is 0 Å². The van der Waals surface area contributed by atoms with Crippen molar-refractivity contribution in [2.75, 3.05) is 7.05 Å². The van der Waals surface area contributed by atoms with Crippen molar-refractivity contribution < 1.29 is 9.21 Å². The van der Waals surface area contributed by atoms with Crippen LogP contribution in [0.1, 0.15) is 42.5 Å². The van der Waals surface area contributed by atoms with Gasteiger partial charge in [0, 0.05) is 29.0 Å². The van der Waals surface area contributed by atoms with Crippen LogP contribution >= 0.6 is 0 Å².